The maximum Gasteiger partial charge on any atom is 0.407 e. The van der Waals surface area contributed by atoms with Crippen LogP contribution in [0.15, 0.2) is 18.3 Å². The molecule has 0 aliphatic carbocycles. The molecule has 1 aliphatic heterocycles. The molecule has 2 heterocycles. The third-order valence-corrected chi connectivity index (χ3v) is 3.35. The highest BCUT2D eigenvalue weighted by atomic mass is 35.5. The number of hydrogen-bond acceptors (Lipinski definition) is 4. The molecule has 0 radical (unpaired) electrons. The molecule has 2 rings (SSSR count). The molecule has 98 valence electrons. The number of methoxy groups -OCH3 is 1. The van der Waals surface area contributed by atoms with Gasteiger partial charge in [0.05, 0.1) is 7.11 Å². The van der Waals surface area contributed by atoms with E-state index in [9.17, 15) is 4.79 Å². The van der Waals surface area contributed by atoms with Crippen LogP contribution >= 0.6 is 11.6 Å². The highest BCUT2D eigenvalue weighted by Gasteiger charge is 2.24. The summed E-state index contributed by atoms with van der Waals surface area (Å²) in [6, 6.07) is 3.99. The van der Waals surface area contributed by atoms with E-state index < -0.39 is 0 Å². The lowest BCUT2D eigenvalue weighted by Crippen LogP contribution is -2.36. The number of carbonyl (C=O) groups is 1. The molecule has 0 bridgehead atoms. The molecule has 0 aromatic carbocycles. The van der Waals surface area contributed by atoms with Gasteiger partial charge in [-0.15, -0.1) is 0 Å². The van der Waals surface area contributed by atoms with Crippen LogP contribution in [0.5, 0.6) is 0 Å². The van der Waals surface area contributed by atoms with Crippen molar-refractivity contribution in [3.05, 3.63) is 29.0 Å². The van der Waals surface area contributed by atoms with Crippen molar-refractivity contribution >= 4 is 17.7 Å². The van der Waals surface area contributed by atoms with Gasteiger partial charge in [0, 0.05) is 37.4 Å². The summed E-state index contributed by atoms with van der Waals surface area (Å²) in [6.07, 6.45) is 2.23. The summed E-state index contributed by atoms with van der Waals surface area (Å²) in [5, 5.41) is 3.35. The molecule has 1 aromatic heterocycles. The van der Waals surface area contributed by atoms with Crippen molar-refractivity contribution in [3.8, 4) is 0 Å². The topological polar surface area (TPSA) is 54.5 Å². The Balaban J connectivity index is 1.86. The van der Waals surface area contributed by atoms with Crippen molar-refractivity contribution in [2.24, 2.45) is 0 Å². The van der Waals surface area contributed by atoms with Gasteiger partial charge in [0.2, 0.25) is 0 Å². The van der Waals surface area contributed by atoms with Gasteiger partial charge in [-0.25, -0.2) is 9.78 Å². The van der Waals surface area contributed by atoms with Crippen LogP contribution in [-0.4, -0.2) is 42.2 Å². The molecule has 0 spiro atoms. The maximum absolute atomic E-state index is 11.1. The van der Waals surface area contributed by atoms with Crippen molar-refractivity contribution in [1.29, 1.82) is 0 Å². The zero-order valence-corrected chi connectivity index (χ0v) is 11.0. The lowest BCUT2D eigenvalue weighted by molar-refractivity contribution is 0.166. The van der Waals surface area contributed by atoms with Crippen LogP contribution in [0.3, 0.4) is 0 Å². The Morgan fingerprint density at radius 3 is 3.28 bits per heavy atom. The molecule has 1 aromatic rings. The van der Waals surface area contributed by atoms with Crippen LogP contribution in [0.4, 0.5) is 4.79 Å². The Labute approximate surface area is 111 Å². The van der Waals surface area contributed by atoms with E-state index in [4.69, 9.17) is 11.6 Å². The molecule has 6 heteroatoms. The fourth-order valence-electron chi connectivity index (χ4n) is 2.10. The predicted octanol–water partition coefficient (Wildman–Crippen LogP) is 1.67. The van der Waals surface area contributed by atoms with Gasteiger partial charge in [-0.2, -0.15) is 0 Å². The molecule has 1 atom stereocenters. The highest BCUT2D eigenvalue weighted by Crippen LogP contribution is 2.18. The van der Waals surface area contributed by atoms with Crippen molar-refractivity contribution in [1.82, 2.24) is 15.2 Å². The smallest absolute Gasteiger partial charge is 0.407 e. The number of hydrogen-bond donors (Lipinski definition) is 1. The van der Waals surface area contributed by atoms with Gasteiger partial charge in [-0.05, 0) is 12.5 Å². The largest absolute Gasteiger partial charge is 0.453 e. The molecule has 1 fully saturated rings. The summed E-state index contributed by atoms with van der Waals surface area (Å²) in [5.74, 6) is 0. The summed E-state index contributed by atoms with van der Waals surface area (Å²) in [7, 11) is 1.37. The average molecular weight is 270 g/mol. The van der Waals surface area contributed by atoms with Gasteiger partial charge in [0.25, 0.3) is 0 Å². The van der Waals surface area contributed by atoms with E-state index in [1.54, 1.807) is 6.20 Å². The van der Waals surface area contributed by atoms with Crippen LogP contribution in [0.25, 0.3) is 0 Å². The van der Waals surface area contributed by atoms with Crippen LogP contribution in [0, 0.1) is 0 Å². The lowest BCUT2D eigenvalue weighted by atomic mass is 10.2. The zero-order chi connectivity index (χ0) is 13.0. The summed E-state index contributed by atoms with van der Waals surface area (Å²) in [4.78, 5) is 17.4. The number of likely N-dealkylation sites (tertiary alicyclic amines) is 1. The molecule has 0 saturated carbocycles. The van der Waals surface area contributed by atoms with Crippen molar-refractivity contribution in [2.45, 2.75) is 19.0 Å². The van der Waals surface area contributed by atoms with Crippen LogP contribution in [0.2, 0.25) is 5.15 Å². The fourth-order valence-corrected chi connectivity index (χ4v) is 2.28. The van der Waals surface area contributed by atoms with Crippen molar-refractivity contribution in [2.75, 3.05) is 20.2 Å². The predicted molar refractivity (Wildman–Crippen MR) is 68.5 cm³/mol. The Bertz CT molecular complexity index is 428. The fraction of sp³-hybridized carbons (Fsp3) is 0.500. The Hall–Kier alpha value is -1.33. The first-order valence-electron chi connectivity index (χ1n) is 5.85. The number of nitrogens with one attached hydrogen (secondary N) is 1. The summed E-state index contributed by atoms with van der Waals surface area (Å²) < 4.78 is 4.59. The van der Waals surface area contributed by atoms with E-state index in [0.717, 1.165) is 31.6 Å². The molecule has 1 amide bonds. The van der Waals surface area contributed by atoms with Gasteiger partial charge in [0.1, 0.15) is 5.15 Å². The molecule has 1 unspecified atom stereocenters. The first-order chi connectivity index (χ1) is 8.69. The number of nitrogens with zero attached hydrogens (tertiary/aromatic N) is 2. The minimum absolute atomic E-state index is 0.146. The number of carbonyl (C=O) groups excluding carboxylic acids is 1. The van der Waals surface area contributed by atoms with E-state index in [0.29, 0.717) is 5.15 Å². The minimum Gasteiger partial charge on any atom is -0.453 e. The summed E-state index contributed by atoms with van der Waals surface area (Å²) >= 11 is 6.02. The first kappa shape index (κ1) is 13.1. The second-order valence-corrected chi connectivity index (χ2v) is 4.67. The van der Waals surface area contributed by atoms with Crippen molar-refractivity contribution < 1.29 is 9.53 Å². The van der Waals surface area contributed by atoms with E-state index in [1.807, 2.05) is 12.1 Å². The highest BCUT2D eigenvalue weighted by molar-refractivity contribution is 6.30. The van der Waals surface area contributed by atoms with E-state index in [1.165, 1.54) is 7.11 Å². The summed E-state index contributed by atoms with van der Waals surface area (Å²) in [6.45, 7) is 2.49. The van der Waals surface area contributed by atoms with Gasteiger partial charge < -0.3 is 10.1 Å². The number of halogens is 1. The minimum atomic E-state index is -0.374. The quantitative estimate of drug-likeness (QED) is 0.848. The SMILES string of the molecule is COC(=O)NC1CCN(Cc2cccnc2Cl)C1. The third kappa shape index (κ3) is 3.34. The van der Waals surface area contributed by atoms with Crippen LogP contribution in [-0.2, 0) is 11.3 Å². The normalized spacial score (nSPS) is 19.8. The Morgan fingerprint density at radius 2 is 2.56 bits per heavy atom. The maximum atomic E-state index is 11.1. The van der Waals surface area contributed by atoms with Gasteiger partial charge >= 0.3 is 6.09 Å². The Morgan fingerprint density at radius 1 is 1.72 bits per heavy atom. The molecule has 18 heavy (non-hydrogen) atoms. The van der Waals surface area contributed by atoms with Gasteiger partial charge in [0.15, 0.2) is 0 Å². The molecule has 1 aliphatic rings. The molecular formula is C12H16ClN3O2. The molecular weight excluding hydrogens is 254 g/mol. The van der Waals surface area contributed by atoms with E-state index in [2.05, 4.69) is 19.9 Å². The number of alkyl carbamates (subject to hydrolysis) is 1. The third-order valence-electron chi connectivity index (χ3n) is 3.01. The van der Waals surface area contributed by atoms with Gasteiger partial charge in [-0.3, -0.25) is 4.90 Å². The molecule has 1 saturated heterocycles. The summed E-state index contributed by atoms with van der Waals surface area (Å²) in [5.41, 5.74) is 1.01. The lowest BCUT2D eigenvalue weighted by Gasteiger charge is -2.16. The van der Waals surface area contributed by atoms with Crippen LogP contribution in [0.1, 0.15) is 12.0 Å². The zero-order valence-electron chi connectivity index (χ0n) is 10.2. The van der Waals surface area contributed by atoms with E-state index in [-0.39, 0.29) is 12.1 Å². The number of pyridine rings is 1. The number of aromatic nitrogens is 1. The number of rotatable bonds is 3. The van der Waals surface area contributed by atoms with Gasteiger partial charge in [-0.1, -0.05) is 17.7 Å². The second-order valence-electron chi connectivity index (χ2n) is 4.31. The first-order valence-corrected chi connectivity index (χ1v) is 6.23. The second kappa shape index (κ2) is 6.02. The number of amides is 1. The average Bonchev–Trinajstić information content (AvgIpc) is 2.79. The standard InChI is InChI=1S/C12H16ClN3O2/c1-18-12(17)15-10-4-6-16(8-10)7-9-3-2-5-14-11(9)13/h2-3,5,10H,4,6-8H2,1H3,(H,15,17). The monoisotopic (exact) mass is 269 g/mol. The van der Waals surface area contributed by atoms with E-state index >= 15 is 0 Å². The molecule has 5 nitrogen and oxygen atoms in total. The molecule has 1 N–H and O–H groups in total. The Kier molecular flexibility index (Phi) is 4.38. The van der Waals surface area contributed by atoms with Crippen LogP contribution < -0.4 is 5.32 Å². The number of ether oxygens (including phenoxy) is 1. The van der Waals surface area contributed by atoms with Crippen molar-refractivity contribution in [3.63, 3.8) is 0 Å².